The second-order valence-electron chi connectivity index (χ2n) is 8.71. The summed E-state index contributed by atoms with van der Waals surface area (Å²) in [4.78, 5) is 18.8. The van der Waals surface area contributed by atoms with Gasteiger partial charge in [-0.3, -0.25) is 9.88 Å². The monoisotopic (exact) mass is 506 g/mol. The van der Waals surface area contributed by atoms with Crippen LogP contribution in [0.2, 0.25) is 0 Å². The van der Waals surface area contributed by atoms with Gasteiger partial charge in [0.1, 0.15) is 11.5 Å². The smallest absolute Gasteiger partial charge is 0.319 e. The molecule has 2 amide bonds. The summed E-state index contributed by atoms with van der Waals surface area (Å²) in [5.74, 6) is 2.97. The van der Waals surface area contributed by atoms with Gasteiger partial charge in [0.05, 0.1) is 28.4 Å². The van der Waals surface area contributed by atoms with E-state index in [0.717, 1.165) is 42.0 Å². The summed E-state index contributed by atoms with van der Waals surface area (Å²) >= 11 is 0. The maximum atomic E-state index is 12.4. The molecule has 1 unspecified atom stereocenters. The fourth-order valence-electron chi connectivity index (χ4n) is 4.78. The molecule has 0 bridgehead atoms. The molecule has 1 atom stereocenters. The third kappa shape index (κ3) is 6.24. The number of nitrogens with zero attached hydrogens (tertiary/aromatic N) is 2. The maximum absolute atomic E-state index is 12.4. The Hall–Kier alpha value is -3.98. The van der Waals surface area contributed by atoms with Gasteiger partial charge in [-0.25, -0.2) is 4.79 Å². The van der Waals surface area contributed by atoms with Gasteiger partial charge in [-0.1, -0.05) is 6.07 Å². The van der Waals surface area contributed by atoms with Crippen LogP contribution in [0.5, 0.6) is 23.0 Å². The fraction of sp³-hybridized carbons (Fsp3) is 0.357. The minimum atomic E-state index is -0.248. The molecule has 0 spiro atoms. The van der Waals surface area contributed by atoms with Crippen molar-refractivity contribution in [2.45, 2.75) is 18.9 Å². The summed E-state index contributed by atoms with van der Waals surface area (Å²) in [6.45, 7) is 2.01. The average Bonchev–Trinajstić information content (AvgIpc) is 2.93. The van der Waals surface area contributed by atoms with Crippen LogP contribution < -0.4 is 29.6 Å². The van der Waals surface area contributed by atoms with Gasteiger partial charge in [-0.15, -0.1) is 0 Å². The Morgan fingerprint density at radius 2 is 1.70 bits per heavy atom. The first-order chi connectivity index (χ1) is 18.1. The zero-order valence-corrected chi connectivity index (χ0v) is 21.7. The molecule has 196 valence electrons. The van der Waals surface area contributed by atoms with Crippen molar-refractivity contribution in [3.05, 3.63) is 71.5 Å². The van der Waals surface area contributed by atoms with Crippen molar-refractivity contribution in [2.75, 3.05) is 53.4 Å². The summed E-state index contributed by atoms with van der Waals surface area (Å²) in [6, 6.07) is 13.3. The molecule has 4 rings (SSSR count). The van der Waals surface area contributed by atoms with Crippen LogP contribution in [0.15, 0.2) is 54.9 Å². The first-order valence-electron chi connectivity index (χ1n) is 12.2. The molecule has 0 saturated heterocycles. The number of fused-ring (bicyclic) bond motifs is 1. The van der Waals surface area contributed by atoms with Gasteiger partial charge in [-0.05, 0) is 54.3 Å². The van der Waals surface area contributed by atoms with Gasteiger partial charge >= 0.3 is 6.03 Å². The Morgan fingerprint density at radius 3 is 2.41 bits per heavy atom. The standard InChI is InChI=1S/C28H34N4O5/c1-34-22-17-20-9-13-32(14-12-30-28(33)31-21-7-10-29-11-8-21)23(27(20)26(18-22)37-4)15-19-5-6-24(35-2)25(16-19)36-3/h5-8,10-11,16-18,23H,9,12-15H2,1-4H3,(H2,29,30,31,33). The van der Waals surface area contributed by atoms with E-state index in [9.17, 15) is 4.79 Å². The summed E-state index contributed by atoms with van der Waals surface area (Å²) < 4.78 is 22.3. The number of aromatic nitrogens is 1. The molecule has 0 fully saturated rings. The normalized spacial score (nSPS) is 14.9. The van der Waals surface area contributed by atoms with Crippen LogP contribution in [0.25, 0.3) is 0 Å². The lowest BCUT2D eigenvalue weighted by Crippen LogP contribution is -2.42. The van der Waals surface area contributed by atoms with Crippen LogP contribution in [0.3, 0.4) is 0 Å². The van der Waals surface area contributed by atoms with E-state index in [0.29, 0.717) is 30.3 Å². The molecule has 0 radical (unpaired) electrons. The Labute approximate surface area is 217 Å². The van der Waals surface area contributed by atoms with E-state index < -0.39 is 0 Å². The van der Waals surface area contributed by atoms with E-state index >= 15 is 0 Å². The average molecular weight is 507 g/mol. The van der Waals surface area contributed by atoms with E-state index in [1.54, 1.807) is 53.0 Å². The SMILES string of the molecule is COc1cc2c(c(OC)c1)C(Cc1ccc(OC)c(OC)c1)N(CCNC(=O)Nc1ccncc1)CC2. The molecule has 2 heterocycles. The molecule has 2 N–H and O–H groups in total. The number of rotatable bonds is 10. The first-order valence-corrected chi connectivity index (χ1v) is 12.2. The second kappa shape index (κ2) is 12.3. The Balaban J connectivity index is 1.55. The van der Waals surface area contributed by atoms with Crippen LogP contribution in [0.1, 0.15) is 22.7 Å². The van der Waals surface area contributed by atoms with Crippen LogP contribution in [-0.4, -0.2) is 64.0 Å². The molecule has 0 saturated carbocycles. The number of carbonyl (C=O) groups excluding carboxylic acids is 1. The second-order valence-corrected chi connectivity index (χ2v) is 8.71. The zero-order valence-electron chi connectivity index (χ0n) is 21.7. The number of anilines is 1. The van der Waals surface area contributed by atoms with E-state index in [-0.39, 0.29) is 12.1 Å². The Kier molecular flexibility index (Phi) is 8.68. The number of amides is 2. The number of benzene rings is 2. The van der Waals surface area contributed by atoms with Crippen molar-refractivity contribution in [3.63, 3.8) is 0 Å². The van der Waals surface area contributed by atoms with Crippen LogP contribution in [0, 0.1) is 0 Å². The van der Waals surface area contributed by atoms with Crippen LogP contribution in [-0.2, 0) is 12.8 Å². The fourth-order valence-corrected chi connectivity index (χ4v) is 4.78. The van der Waals surface area contributed by atoms with Gasteiger partial charge in [-0.2, -0.15) is 0 Å². The predicted octanol–water partition coefficient (Wildman–Crippen LogP) is 4.08. The highest BCUT2D eigenvalue weighted by Crippen LogP contribution is 2.41. The van der Waals surface area contributed by atoms with E-state index in [2.05, 4.69) is 32.7 Å². The number of hydrogen-bond donors (Lipinski definition) is 2. The van der Waals surface area contributed by atoms with Gasteiger partial charge in [0, 0.05) is 55.4 Å². The summed E-state index contributed by atoms with van der Waals surface area (Å²) in [5.41, 5.74) is 4.16. The predicted molar refractivity (Wildman–Crippen MR) is 142 cm³/mol. The number of ether oxygens (including phenoxy) is 4. The molecule has 3 aromatic rings. The molecule has 1 aliphatic rings. The number of nitrogens with one attached hydrogen (secondary N) is 2. The largest absolute Gasteiger partial charge is 0.497 e. The molecule has 9 heteroatoms. The minimum Gasteiger partial charge on any atom is -0.497 e. The maximum Gasteiger partial charge on any atom is 0.319 e. The third-order valence-electron chi connectivity index (χ3n) is 6.60. The van der Waals surface area contributed by atoms with Crippen molar-refractivity contribution in [2.24, 2.45) is 0 Å². The molecule has 1 aromatic heterocycles. The minimum absolute atomic E-state index is 0.0350. The zero-order chi connectivity index (χ0) is 26.2. The Bertz CT molecular complexity index is 1190. The van der Waals surface area contributed by atoms with Crippen molar-refractivity contribution in [3.8, 4) is 23.0 Å². The van der Waals surface area contributed by atoms with E-state index in [1.165, 1.54) is 5.56 Å². The third-order valence-corrected chi connectivity index (χ3v) is 6.60. The number of methoxy groups -OCH3 is 4. The number of pyridine rings is 1. The van der Waals surface area contributed by atoms with Crippen molar-refractivity contribution in [1.82, 2.24) is 15.2 Å². The molecule has 0 aliphatic carbocycles. The molecule has 1 aliphatic heterocycles. The Morgan fingerprint density at radius 1 is 0.946 bits per heavy atom. The lowest BCUT2D eigenvalue weighted by atomic mass is 9.87. The lowest BCUT2D eigenvalue weighted by molar-refractivity contribution is 0.179. The van der Waals surface area contributed by atoms with Gasteiger partial charge in [0.2, 0.25) is 0 Å². The number of urea groups is 1. The van der Waals surface area contributed by atoms with Gasteiger partial charge < -0.3 is 29.6 Å². The van der Waals surface area contributed by atoms with E-state index in [4.69, 9.17) is 18.9 Å². The summed E-state index contributed by atoms with van der Waals surface area (Å²) in [6.07, 6.45) is 4.87. The van der Waals surface area contributed by atoms with Crippen molar-refractivity contribution >= 4 is 11.7 Å². The van der Waals surface area contributed by atoms with E-state index in [1.807, 2.05) is 18.2 Å². The molecule has 9 nitrogen and oxygen atoms in total. The van der Waals surface area contributed by atoms with Crippen molar-refractivity contribution < 1.29 is 23.7 Å². The molecular formula is C28H34N4O5. The van der Waals surface area contributed by atoms with Crippen molar-refractivity contribution in [1.29, 1.82) is 0 Å². The van der Waals surface area contributed by atoms with Crippen LogP contribution in [0.4, 0.5) is 10.5 Å². The molecule has 37 heavy (non-hydrogen) atoms. The topological polar surface area (TPSA) is 94.2 Å². The highest BCUT2D eigenvalue weighted by atomic mass is 16.5. The highest BCUT2D eigenvalue weighted by molar-refractivity contribution is 5.89. The van der Waals surface area contributed by atoms with Gasteiger partial charge in [0.15, 0.2) is 11.5 Å². The quantitative estimate of drug-likeness (QED) is 0.428. The highest BCUT2D eigenvalue weighted by Gasteiger charge is 2.31. The summed E-state index contributed by atoms with van der Waals surface area (Å²) in [5, 5.41) is 5.80. The molecular weight excluding hydrogens is 472 g/mol. The first kappa shape index (κ1) is 26.1. The molecule has 2 aromatic carbocycles. The number of hydrogen-bond acceptors (Lipinski definition) is 7. The summed E-state index contributed by atoms with van der Waals surface area (Å²) in [7, 11) is 6.63. The number of carbonyl (C=O) groups is 1. The van der Waals surface area contributed by atoms with Gasteiger partial charge in [0.25, 0.3) is 0 Å². The van der Waals surface area contributed by atoms with Crippen LogP contribution >= 0.6 is 0 Å². The lowest BCUT2D eigenvalue weighted by Gasteiger charge is -2.38.